The van der Waals surface area contributed by atoms with Gasteiger partial charge in [-0.25, -0.2) is 4.98 Å². The molecule has 12 heavy (non-hydrogen) atoms. The lowest BCUT2D eigenvalue weighted by atomic mass is 9.92. The summed E-state index contributed by atoms with van der Waals surface area (Å²) in [5.41, 5.74) is 1.03. The van der Waals surface area contributed by atoms with Gasteiger partial charge in [-0.2, -0.15) is 0 Å². The van der Waals surface area contributed by atoms with Crippen LogP contribution in [0, 0.1) is 0 Å². The van der Waals surface area contributed by atoms with Crippen molar-refractivity contribution in [2.75, 3.05) is 7.05 Å². The minimum atomic E-state index is 0.779. The maximum Gasteiger partial charge on any atom is 0.180 e. The molecule has 1 aliphatic carbocycles. The number of nitrogens with zero attached hydrogens (tertiary/aromatic N) is 2. The Balaban J connectivity index is 1.86. The molecule has 1 aromatic heterocycles. The molecule has 3 nitrogen and oxygen atoms in total. The summed E-state index contributed by atoms with van der Waals surface area (Å²) in [6.45, 7) is 0.918. The van der Waals surface area contributed by atoms with Crippen molar-refractivity contribution in [3.05, 3.63) is 18.4 Å². The van der Waals surface area contributed by atoms with Gasteiger partial charge in [-0.05, 0) is 19.9 Å². The molecule has 1 heterocycles. The molecular weight excluding hydrogens is 152 g/mol. The molecule has 0 N–H and O–H groups in total. The molecule has 0 bridgehead atoms. The first-order valence-electron chi connectivity index (χ1n) is 4.43. The largest absolute Gasteiger partial charge is 0.451 e. The van der Waals surface area contributed by atoms with Gasteiger partial charge >= 0.3 is 0 Å². The molecule has 1 aromatic rings. The molecule has 66 valence electrons. The van der Waals surface area contributed by atoms with E-state index < -0.39 is 0 Å². The van der Waals surface area contributed by atoms with Crippen molar-refractivity contribution in [1.29, 1.82) is 0 Å². The second-order valence-electron chi connectivity index (χ2n) is 3.48. The summed E-state index contributed by atoms with van der Waals surface area (Å²) >= 11 is 0. The lowest BCUT2D eigenvalue weighted by Crippen LogP contribution is -2.36. The van der Waals surface area contributed by atoms with E-state index in [0.717, 1.165) is 18.3 Å². The van der Waals surface area contributed by atoms with E-state index in [-0.39, 0.29) is 0 Å². The Hall–Kier alpha value is -0.830. The smallest absolute Gasteiger partial charge is 0.180 e. The Morgan fingerprint density at radius 2 is 2.50 bits per heavy atom. The van der Waals surface area contributed by atoms with Crippen molar-refractivity contribution in [3.8, 4) is 0 Å². The maximum atomic E-state index is 4.91. The van der Waals surface area contributed by atoms with Crippen molar-refractivity contribution in [1.82, 2.24) is 9.88 Å². The summed E-state index contributed by atoms with van der Waals surface area (Å²) in [6.07, 6.45) is 7.27. The minimum absolute atomic E-state index is 0.779. The number of rotatable bonds is 3. The van der Waals surface area contributed by atoms with E-state index in [1.54, 1.807) is 6.26 Å². The molecule has 0 unspecified atom stereocenters. The SMILES string of the molecule is CN(Cc1cocn1)C1CCC1. The highest BCUT2D eigenvalue weighted by Crippen LogP contribution is 2.24. The molecule has 0 aromatic carbocycles. The normalized spacial score (nSPS) is 18.2. The zero-order valence-electron chi connectivity index (χ0n) is 7.36. The van der Waals surface area contributed by atoms with Gasteiger partial charge < -0.3 is 4.42 Å². The highest BCUT2D eigenvalue weighted by Gasteiger charge is 2.22. The van der Waals surface area contributed by atoms with Crippen LogP contribution in [0.15, 0.2) is 17.1 Å². The fourth-order valence-electron chi connectivity index (χ4n) is 1.53. The average molecular weight is 166 g/mol. The molecule has 1 fully saturated rings. The molecular formula is C9H14N2O. The van der Waals surface area contributed by atoms with Gasteiger partial charge in [0.25, 0.3) is 0 Å². The van der Waals surface area contributed by atoms with E-state index in [4.69, 9.17) is 4.42 Å². The van der Waals surface area contributed by atoms with Crippen molar-refractivity contribution < 1.29 is 4.42 Å². The molecule has 0 aliphatic heterocycles. The van der Waals surface area contributed by atoms with Crippen molar-refractivity contribution in [3.63, 3.8) is 0 Å². The van der Waals surface area contributed by atoms with Crippen LogP contribution in [0.5, 0.6) is 0 Å². The Bertz CT molecular complexity index is 229. The topological polar surface area (TPSA) is 29.3 Å². The van der Waals surface area contributed by atoms with E-state index in [1.807, 2.05) is 0 Å². The predicted molar refractivity (Wildman–Crippen MR) is 45.6 cm³/mol. The fourth-order valence-corrected chi connectivity index (χ4v) is 1.53. The van der Waals surface area contributed by atoms with Gasteiger partial charge in [0, 0.05) is 12.6 Å². The van der Waals surface area contributed by atoms with Gasteiger partial charge in [0.15, 0.2) is 6.39 Å². The van der Waals surface area contributed by atoms with Gasteiger partial charge in [0.2, 0.25) is 0 Å². The minimum Gasteiger partial charge on any atom is -0.451 e. The van der Waals surface area contributed by atoms with Crippen LogP contribution in [0.25, 0.3) is 0 Å². The monoisotopic (exact) mass is 166 g/mol. The van der Waals surface area contributed by atoms with Gasteiger partial charge in [-0.3, -0.25) is 4.90 Å². The average Bonchev–Trinajstić information content (AvgIpc) is 2.34. The summed E-state index contributed by atoms with van der Waals surface area (Å²) in [5, 5.41) is 0. The van der Waals surface area contributed by atoms with E-state index in [1.165, 1.54) is 25.7 Å². The third kappa shape index (κ3) is 1.50. The Kier molecular flexibility index (Phi) is 2.13. The van der Waals surface area contributed by atoms with E-state index in [0.29, 0.717) is 0 Å². The number of aromatic nitrogens is 1. The predicted octanol–water partition coefficient (Wildman–Crippen LogP) is 1.66. The van der Waals surface area contributed by atoms with Crippen LogP contribution in [-0.2, 0) is 6.54 Å². The summed E-state index contributed by atoms with van der Waals surface area (Å²) in [6, 6.07) is 0.779. The summed E-state index contributed by atoms with van der Waals surface area (Å²) < 4.78 is 4.91. The molecule has 0 amide bonds. The van der Waals surface area contributed by atoms with Crippen molar-refractivity contribution in [2.24, 2.45) is 0 Å². The maximum absolute atomic E-state index is 4.91. The third-order valence-electron chi connectivity index (χ3n) is 2.59. The van der Waals surface area contributed by atoms with Crippen LogP contribution in [0.4, 0.5) is 0 Å². The first kappa shape index (κ1) is 7.80. The second kappa shape index (κ2) is 3.27. The molecule has 3 heteroatoms. The zero-order chi connectivity index (χ0) is 8.39. The Labute approximate surface area is 72.4 Å². The lowest BCUT2D eigenvalue weighted by Gasteiger charge is -2.34. The molecule has 1 saturated carbocycles. The molecule has 0 atom stereocenters. The van der Waals surface area contributed by atoms with Crippen molar-refractivity contribution in [2.45, 2.75) is 31.8 Å². The number of hydrogen-bond donors (Lipinski definition) is 0. The number of hydrogen-bond acceptors (Lipinski definition) is 3. The zero-order valence-corrected chi connectivity index (χ0v) is 7.36. The second-order valence-corrected chi connectivity index (χ2v) is 3.48. The first-order valence-corrected chi connectivity index (χ1v) is 4.43. The van der Waals surface area contributed by atoms with Crippen LogP contribution >= 0.6 is 0 Å². The summed E-state index contributed by atoms with van der Waals surface area (Å²) in [4.78, 5) is 6.44. The highest BCUT2D eigenvalue weighted by atomic mass is 16.3. The molecule has 2 rings (SSSR count). The van der Waals surface area contributed by atoms with E-state index in [9.17, 15) is 0 Å². The fraction of sp³-hybridized carbons (Fsp3) is 0.667. The molecule has 0 spiro atoms. The van der Waals surface area contributed by atoms with Crippen LogP contribution < -0.4 is 0 Å². The van der Waals surface area contributed by atoms with Gasteiger partial charge in [0.05, 0.1) is 5.69 Å². The van der Waals surface area contributed by atoms with Gasteiger partial charge in [0.1, 0.15) is 6.26 Å². The lowest BCUT2D eigenvalue weighted by molar-refractivity contribution is 0.151. The van der Waals surface area contributed by atoms with Crippen LogP contribution in [0.3, 0.4) is 0 Å². The quantitative estimate of drug-likeness (QED) is 0.683. The highest BCUT2D eigenvalue weighted by molar-refractivity contribution is 4.92. The standard InChI is InChI=1S/C9H14N2O/c1-11(9-3-2-4-9)5-8-6-12-7-10-8/h6-7,9H,2-5H2,1H3. The summed E-state index contributed by atoms with van der Waals surface area (Å²) in [7, 11) is 2.15. The van der Waals surface area contributed by atoms with Crippen LogP contribution in [0.2, 0.25) is 0 Å². The van der Waals surface area contributed by atoms with Crippen LogP contribution in [-0.4, -0.2) is 23.0 Å². The molecule has 0 saturated heterocycles. The Morgan fingerprint density at radius 1 is 1.67 bits per heavy atom. The molecule has 1 aliphatic rings. The van der Waals surface area contributed by atoms with Crippen molar-refractivity contribution >= 4 is 0 Å². The van der Waals surface area contributed by atoms with Crippen LogP contribution in [0.1, 0.15) is 25.0 Å². The van der Waals surface area contributed by atoms with E-state index in [2.05, 4.69) is 16.9 Å². The Morgan fingerprint density at radius 3 is 3.00 bits per heavy atom. The number of oxazole rings is 1. The van der Waals surface area contributed by atoms with Gasteiger partial charge in [-0.1, -0.05) is 6.42 Å². The van der Waals surface area contributed by atoms with Gasteiger partial charge in [-0.15, -0.1) is 0 Å². The first-order chi connectivity index (χ1) is 5.86. The van der Waals surface area contributed by atoms with E-state index >= 15 is 0 Å². The molecule has 0 radical (unpaired) electrons. The third-order valence-corrected chi connectivity index (χ3v) is 2.59. The summed E-state index contributed by atoms with van der Waals surface area (Å²) in [5.74, 6) is 0.